The van der Waals surface area contributed by atoms with Gasteiger partial charge in [0, 0.05) is 17.2 Å². The number of rotatable bonds is 4. The molecule has 0 fully saturated rings. The molecule has 3 nitrogen and oxygen atoms in total. The third kappa shape index (κ3) is 4.41. The number of nitrogens with two attached hydrogens (primary N) is 1. The molecule has 14 heavy (non-hydrogen) atoms. The fourth-order valence-electron chi connectivity index (χ4n) is 1.17. The molecule has 0 spiro atoms. The Labute approximate surface area is 92.8 Å². The summed E-state index contributed by atoms with van der Waals surface area (Å²) in [5.41, 5.74) is 5.69. The fourth-order valence-corrected chi connectivity index (χ4v) is 3.24. The predicted molar refractivity (Wildman–Crippen MR) is 60.7 cm³/mol. The highest BCUT2D eigenvalue weighted by Gasteiger charge is 2.12. The van der Waals surface area contributed by atoms with Crippen LogP contribution in [0.4, 0.5) is 0 Å². The molecule has 1 rings (SSSR count). The lowest BCUT2D eigenvalue weighted by Crippen LogP contribution is -2.30. The molecule has 0 amide bonds. The second-order valence-corrected chi connectivity index (χ2v) is 7.25. The van der Waals surface area contributed by atoms with Gasteiger partial charge in [-0.3, -0.25) is 0 Å². The summed E-state index contributed by atoms with van der Waals surface area (Å²) in [6.45, 7) is 0. The van der Waals surface area contributed by atoms with Crippen LogP contribution in [0.25, 0.3) is 0 Å². The van der Waals surface area contributed by atoms with Crippen molar-refractivity contribution in [3.8, 4) is 0 Å². The van der Waals surface area contributed by atoms with Crippen molar-refractivity contribution < 1.29 is 8.42 Å². The summed E-state index contributed by atoms with van der Waals surface area (Å²) in [6, 6.07) is 3.31. The van der Waals surface area contributed by atoms with Gasteiger partial charge in [0.05, 0.1) is 10.1 Å². The second-order valence-electron chi connectivity index (χ2n) is 3.26. The topological polar surface area (TPSA) is 60.2 Å². The van der Waals surface area contributed by atoms with Crippen LogP contribution < -0.4 is 5.73 Å². The number of hydrogen-bond donors (Lipinski definition) is 1. The number of hydrogen-bond acceptors (Lipinski definition) is 4. The molecule has 0 bridgehead atoms. The Balaban J connectivity index is 2.53. The molecule has 1 unspecified atom stereocenters. The van der Waals surface area contributed by atoms with Gasteiger partial charge >= 0.3 is 0 Å². The Morgan fingerprint density at radius 2 is 2.21 bits per heavy atom. The minimum Gasteiger partial charge on any atom is -0.326 e. The third-order valence-corrected chi connectivity index (χ3v) is 3.90. The van der Waals surface area contributed by atoms with E-state index in [4.69, 9.17) is 17.3 Å². The summed E-state index contributed by atoms with van der Waals surface area (Å²) in [7, 11) is -2.99. The van der Waals surface area contributed by atoms with Crippen molar-refractivity contribution in [3.05, 3.63) is 21.3 Å². The van der Waals surface area contributed by atoms with Crippen LogP contribution in [-0.4, -0.2) is 26.5 Å². The van der Waals surface area contributed by atoms with Gasteiger partial charge in [-0.15, -0.1) is 11.3 Å². The maximum Gasteiger partial charge on any atom is 0.148 e. The van der Waals surface area contributed by atoms with Crippen molar-refractivity contribution >= 4 is 32.8 Å². The summed E-state index contributed by atoms with van der Waals surface area (Å²) >= 11 is 7.17. The average Bonchev–Trinajstić information content (AvgIpc) is 2.30. The van der Waals surface area contributed by atoms with Crippen molar-refractivity contribution in [1.29, 1.82) is 0 Å². The largest absolute Gasteiger partial charge is 0.326 e. The molecular formula is C8H12ClNO2S2. The SMILES string of the molecule is CS(=O)(=O)CC(N)Cc1ccc(Cl)s1. The Kier molecular flexibility index (Phi) is 3.94. The predicted octanol–water partition coefficient (Wildman–Crippen LogP) is 1.32. The summed E-state index contributed by atoms with van der Waals surface area (Å²) in [4.78, 5) is 1.02. The number of sulfone groups is 1. The highest BCUT2D eigenvalue weighted by molar-refractivity contribution is 7.90. The van der Waals surface area contributed by atoms with Crippen LogP contribution in [0.5, 0.6) is 0 Å². The molecule has 1 atom stereocenters. The van der Waals surface area contributed by atoms with Crippen LogP contribution in [0.2, 0.25) is 4.34 Å². The second kappa shape index (κ2) is 4.61. The van der Waals surface area contributed by atoms with Crippen LogP contribution in [-0.2, 0) is 16.3 Å². The van der Waals surface area contributed by atoms with Gasteiger partial charge in [-0.25, -0.2) is 8.42 Å². The monoisotopic (exact) mass is 253 g/mol. The molecule has 1 heterocycles. The van der Waals surface area contributed by atoms with E-state index in [2.05, 4.69) is 0 Å². The Hall–Kier alpha value is -0.100. The molecule has 0 aliphatic carbocycles. The van der Waals surface area contributed by atoms with E-state index in [-0.39, 0.29) is 11.8 Å². The van der Waals surface area contributed by atoms with Gasteiger partial charge < -0.3 is 5.73 Å². The maximum atomic E-state index is 10.9. The molecule has 6 heteroatoms. The Bertz CT molecular complexity index is 399. The van der Waals surface area contributed by atoms with E-state index in [9.17, 15) is 8.42 Å². The first-order chi connectivity index (χ1) is 6.37. The standard InChI is InChI=1S/C8H12ClNO2S2/c1-14(11,12)5-6(10)4-7-2-3-8(9)13-7/h2-3,6H,4-5,10H2,1H3. The van der Waals surface area contributed by atoms with Gasteiger partial charge in [0.15, 0.2) is 0 Å². The molecule has 0 aliphatic heterocycles. The van der Waals surface area contributed by atoms with Crippen LogP contribution in [0.1, 0.15) is 4.88 Å². The minimum atomic E-state index is -2.99. The molecule has 0 aliphatic rings. The zero-order valence-corrected chi connectivity index (χ0v) is 10.1. The average molecular weight is 254 g/mol. The summed E-state index contributed by atoms with van der Waals surface area (Å²) < 4.78 is 22.6. The van der Waals surface area contributed by atoms with Gasteiger partial charge in [-0.1, -0.05) is 11.6 Å². The first-order valence-corrected chi connectivity index (χ1v) is 7.30. The molecule has 0 radical (unpaired) electrons. The van der Waals surface area contributed by atoms with E-state index < -0.39 is 9.84 Å². The van der Waals surface area contributed by atoms with Gasteiger partial charge in [0.1, 0.15) is 9.84 Å². The Morgan fingerprint density at radius 1 is 1.57 bits per heavy atom. The molecule has 1 aromatic rings. The summed E-state index contributed by atoms with van der Waals surface area (Å²) in [6.07, 6.45) is 1.75. The van der Waals surface area contributed by atoms with E-state index >= 15 is 0 Å². The molecular weight excluding hydrogens is 242 g/mol. The third-order valence-electron chi connectivity index (χ3n) is 1.61. The summed E-state index contributed by atoms with van der Waals surface area (Å²) in [5.74, 6) is 0.0164. The molecule has 0 aromatic carbocycles. The quantitative estimate of drug-likeness (QED) is 0.880. The van der Waals surface area contributed by atoms with Crippen molar-refractivity contribution in [2.75, 3.05) is 12.0 Å². The van der Waals surface area contributed by atoms with Crippen LogP contribution in [0.3, 0.4) is 0 Å². The van der Waals surface area contributed by atoms with E-state index in [0.29, 0.717) is 10.8 Å². The molecule has 1 aromatic heterocycles. The van der Waals surface area contributed by atoms with Crippen molar-refractivity contribution in [3.63, 3.8) is 0 Å². The fraction of sp³-hybridized carbons (Fsp3) is 0.500. The van der Waals surface area contributed by atoms with E-state index in [0.717, 1.165) is 4.88 Å². The molecule has 80 valence electrons. The highest BCUT2D eigenvalue weighted by atomic mass is 35.5. The molecule has 0 saturated carbocycles. The van der Waals surface area contributed by atoms with Gasteiger partial charge in [-0.05, 0) is 18.6 Å². The summed E-state index contributed by atoms with van der Waals surface area (Å²) in [5, 5.41) is 0. The number of halogens is 1. The van der Waals surface area contributed by atoms with Crippen molar-refractivity contribution in [1.82, 2.24) is 0 Å². The smallest absolute Gasteiger partial charge is 0.148 e. The first kappa shape index (κ1) is 12.0. The van der Waals surface area contributed by atoms with Gasteiger partial charge in [0.2, 0.25) is 0 Å². The zero-order valence-electron chi connectivity index (χ0n) is 7.73. The Morgan fingerprint density at radius 3 is 2.64 bits per heavy atom. The van der Waals surface area contributed by atoms with E-state index in [1.807, 2.05) is 6.07 Å². The van der Waals surface area contributed by atoms with Crippen LogP contribution in [0, 0.1) is 0 Å². The normalized spacial score (nSPS) is 14.2. The van der Waals surface area contributed by atoms with Crippen molar-refractivity contribution in [2.24, 2.45) is 5.73 Å². The van der Waals surface area contributed by atoms with Gasteiger partial charge in [-0.2, -0.15) is 0 Å². The highest BCUT2D eigenvalue weighted by Crippen LogP contribution is 2.22. The number of thiophene rings is 1. The maximum absolute atomic E-state index is 10.9. The lowest BCUT2D eigenvalue weighted by atomic mass is 10.2. The lowest BCUT2D eigenvalue weighted by molar-refractivity contribution is 0.592. The van der Waals surface area contributed by atoms with Crippen molar-refractivity contribution in [2.45, 2.75) is 12.5 Å². The molecule has 0 saturated heterocycles. The van der Waals surface area contributed by atoms with Crippen LogP contribution in [0.15, 0.2) is 12.1 Å². The minimum absolute atomic E-state index is 0.0164. The van der Waals surface area contributed by atoms with Crippen LogP contribution >= 0.6 is 22.9 Å². The van der Waals surface area contributed by atoms with Gasteiger partial charge in [0.25, 0.3) is 0 Å². The lowest BCUT2D eigenvalue weighted by Gasteiger charge is -2.07. The molecule has 2 N–H and O–H groups in total. The zero-order chi connectivity index (χ0) is 10.8. The van der Waals surface area contributed by atoms with E-state index in [1.54, 1.807) is 6.07 Å². The first-order valence-electron chi connectivity index (χ1n) is 4.04. The van der Waals surface area contributed by atoms with E-state index in [1.165, 1.54) is 17.6 Å².